The van der Waals surface area contributed by atoms with Crippen LogP contribution in [0, 0.1) is 31.1 Å². The van der Waals surface area contributed by atoms with E-state index in [-0.39, 0.29) is 11.5 Å². The molecule has 3 N–H and O–H groups in total. The molecule has 1 aliphatic rings. The summed E-state index contributed by atoms with van der Waals surface area (Å²) < 4.78 is 2.34. The number of hydrogen-bond donors (Lipinski definition) is 2. The lowest BCUT2D eigenvalue weighted by Gasteiger charge is -2.29. The molecule has 6 nitrogen and oxygen atoms in total. The third-order valence-electron chi connectivity index (χ3n) is 5.88. The highest BCUT2D eigenvalue weighted by Gasteiger charge is 2.34. The van der Waals surface area contributed by atoms with Crippen LogP contribution in [0.15, 0.2) is 11.6 Å². The molecule has 29 heavy (non-hydrogen) atoms. The van der Waals surface area contributed by atoms with Gasteiger partial charge in [0.2, 0.25) is 5.91 Å². The van der Waals surface area contributed by atoms with Gasteiger partial charge >= 0.3 is 0 Å². The molecule has 1 fully saturated rings. The Kier molecular flexibility index (Phi) is 7.29. The molecule has 0 saturated heterocycles. The predicted molar refractivity (Wildman–Crippen MR) is 115 cm³/mol. The van der Waals surface area contributed by atoms with Crippen LogP contribution in [0.4, 0.5) is 0 Å². The van der Waals surface area contributed by atoms with Crippen molar-refractivity contribution in [2.24, 2.45) is 11.7 Å². The minimum absolute atomic E-state index is 0.0230. The van der Waals surface area contributed by atoms with Gasteiger partial charge in [0.1, 0.15) is 17.2 Å². The van der Waals surface area contributed by atoms with E-state index in [2.05, 4.69) is 16.8 Å². The van der Waals surface area contributed by atoms with Crippen molar-refractivity contribution in [3.05, 3.63) is 28.6 Å². The summed E-state index contributed by atoms with van der Waals surface area (Å²) in [5.74, 6) is -1.01. The molecule has 1 saturated carbocycles. The summed E-state index contributed by atoms with van der Waals surface area (Å²) >= 11 is 0. The Balaban J connectivity index is 2.30. The molecule has 0 bridgehead atoms. The average Bonchev–Trinajstić information content (AvgIpc) is 2.92. The third-order valence-corrected chi connectivity index (χ3v) is 5.88. The van der Waals surface area contributed by atoms with E-state index < -0.39 is 17.4 Å². The van der Waals surface area contributed by atoms with Crippen LogP contribution in [0.25, 0.3) is 6.08 Å². The van der Waals surface area contributed by atoms with Crippen molar-refractivity contribution in [2.45, 2.75) is 84.7 Å². The number of nitrogens with two attached hydrogens (primary N) is 1. The Morgan fingerprint density at radius 1 is 1.34 bits per heavy atom. The first-order valence-corrected chi connectivity index (χ1v) is 10.5. The van der Waals surface area contributed by atoms with E-state index in [0.29, 0.717) is 12.5 Å². The fourth-order valence-electron chi connectivity index (χ4n) is 4.50. The van der Waals surface area contributed by atoms with Crippen LogP contribution in [0.2, 0.25) is 0 Å². The zero-order valence-corrected chi connectivity index (χ0v) is 18.3. The molecule has 6 heteroatoms. The number of hydrogen-bond acceptors (Lipinski definition) is 3. The second kappa shape index (κ2) is 9.30. The van der Waals surface area contributed by atoms with Gasteiger partial charge in [0.05, 0.1) is 0 Å². The molecular weight excluding hydrogens is 364 g/mol. The molecule has 1 heterocycles. The maximum atomic E-state index is 12.8. The van der Waals surface area contributed by atoms with Gasteiger partial charge in [0.15, 0.2) is 0 Å². The van der Waals surface area contributed by atoms with Crippen molar-refractivity contribution in [1.29, 1.82) is 5.26 Å². The maximum Gasteiger partial charge on any atom is 0.262 e. The van der Waals surface area contributed by atoms with E-state index in [0.717, 1.165) is 29.8 Å². The monoisotopic (exact) mass is 398 g/mol. The minimum Gasteiger partial charge on any atom is -0.368 e. The highest BCUT2D eigenvalue weighted by molar-refractivity contribution is 6.04. The van der Waals surface area contributed by atoms with E-state index in [1.165, 1.54) is 19.3 Å². The first-order valence-electron chi connectivity index (χ1n) is 10.5. The van der Waals surface area contributed by atoms with Gasteiger partial charge in [-0.25, -0.2) is 0 Å². The molecular formula is C23H34N4O2. The number of primary amides is 1. The zero-order chi connectivity index (χ0) is 21.8. The fraction of sp³-hybridized carbons (Fsp3) is 0.609. The molecule has 158 valence electrons. The normalized spacial score (nSPS) is 17.6. The third kappa shape index (κ3) is 5.29. The Hall–Kier alpha value is -2.55. The van der Waals surface area contributed by atoms with Crippen LogP contribution in [-0.2, 0) is 9.59 Å². The lowest BCUT2D eigenvalue weighted by Crippen LogP contribution is -2.56. The second-order valence-electron chi connectivity index (χ2n) is 8.91. The van der Waals surface area contributed by atoms with Gasteiger partial charge in [0.25, 0.3) is 5.91 Å². The Bertz CT molecular complexity index is 838. The number of carbonyl (C=O) groups is 2. The predicted octanol–water partition coefficient (Wildman–Crippen LogP) is 3.92. The topological polar surface area (TPSA) is 101 Å². The molecule has 1 atom stereocenters. The molecule has 2 rings (SSSR count). The number of nitriles is 1. The Labute approximate surface area is 174 Å². The number of rotatable bonds is 7. The molecule has 1 aliphatic carbocycles. The van der Waals surface area contributed by atoms with E-state index in [9.17, 15) is 14.9 Å². The van der Waals surface area contributed by atoms with Gasteiger partial charge in [-0.05, 0) is 63.7 Å². The first kappa shape index (κ1) is 22.7. The lowest BCUT2D eigenvalue weighted by molar-refractivity contribution is -0.129. The molecule has 2 amide bonds. The molecule has 0 aliphatic heterocycles. The number of aromatic nitrogens is 1. The Morgan fingerprint density at radius 3 is 2.48 bits per heavy atom. The molecule has 0 radical (unpaired) electrons. The van der Waals surface area contributed by atoms with E-state index in [4.69, 9.17) is 5.73 Å². The summed E-state index contributed by atoms with van der Waals surface area (Å²) in [4.78, 5) is 24.7. The van der Waals surface area contributed by atoms with Crippen LogP contribution in [0.1, 0.15) is 82.3 Å². The van der Waals surface area contributed by atoms with Crippen molar-refractivity contribution in [1.82, 2.24) is 9.88 Å². The summed E-state index contributed by atoms with van der Waals surface area (Å²) in [6, 6.07) is 4.49. The van der Waals surface area contributed by atoms with Crippen LogP contribution < -0.4 is 11.1 Å². The molecule has 1 aromatic rings. The van der Waals surface area contributed by atoms with Gasteiger partial charge in [-0.15, -0.1) is 0 Å². The van der Waals surface area contributed by atoms with Crippen LogP contribution >= 0.6 is 0 Å². The second-order valence-corrected chi connectivity index (χ2v) is 8.91. The van der Waals surface area contributed by atoms with Gasteiger partial charge < -0.3 is 15.6 Å². The average molecular weight is 399 g/mol. The van der Waals surface area contributed by atoms with Gasteiger partial charge in [0, 0.05) is 17.4 Å². The van der Waals surface area contributed by atoms with E-state index in [1.807, 2.05) is 32.9 Å². The molecule has 0 aromatic carbocycles. The van der Waals surface area contributed by atoms with Crippen molar-refractivity contribution >= 4 is 17.9 Å². The number of aryl methyl sites for hydroxylation is 1. The van der Waals surface area contributed by atoms with Gasteiger partial charge in [-0.2, -0.15) is 5.26 Å². The Morgan fingerprint density at radius 2 is 1.97 bits per heavy atom. The molecule has 0 spiro atoms. The van der Waals surface area contributed by atoms with Gasteiger partial charge in [-0.1, -0.05) is 33.1 Å². The first-order chi connectivity index (χ1) is 13.6. The quantitative estimate of drug-likeness (QED) is 0.537. The maximum absolute atomic E-state index is 12.8. The summed E-state index contributed by atoms with van der Waals surface area (Å²) in [6.07, 6.45) is 8.11. The number of nitrogens with zero attached hydrogens (tertiary/aromatic N) is 2. The number of carbonyl (C=O) groups excluding carboxylic acids is 2. The van der Waals surface area contributed by atoms with Crippen LogP contribution in [0.3, 0.4) is 0 Å². The van der Waals surface area contributed by atoms with Crippen LogP contribution in [-0.4, -0.2) is 21.9 Å². The summed E-state index contributed by atoms with van der Waals surface area (Å²) in [6.45, 7) is 9.62. The number of nitrogens with one attached hydrogen (secondary N) is 1. The molecule has 1 aromatic heterocycles. The summed E-state index contributed by atoms with van der Waals surface area (Å²) in [5, 5.41) is 12.3. The summed E-state index contributed by atoms with van der Waals surface area (Å²) in [5.41, 5.74) is 7.38. The number of amides is 2. The largest absolute Gasteiger partial charge is 0.368 e. The minimum atomic E-state index is -1.19. The highest BCUT2D eigenvalue weighted by atomic mass is 16.2. The standard InChI is InChI=1S/C23H34N4O2/c1-15(2)13-23(5,22(25)29)26-21(28)19(14-24)12-18-11-16(3)27(17(18)4)20-9-7-6-8-10-20/h11-12,15,20H,6-10,13H2,1-5H3,(H2,25,29)(H,26,28)/b19-12+. The highest BCUT2D eigenvalue weighted by Crippen LogP contribution is 2.32. The fourth-order valence-corrected chi connectivity index (χ4v) is 4.50. The van der Waals surface area contributed by atoms with Crippen LogP contribution in [0.5, 0.6) is 0 Å². The SMILES string of the molecule is Cc1cc(/C=C(\C#N)C(=O)NC(C)(CC(C)C)C(N)=O)c(C)n1C1CCCCC1. The molecule has 1 unspecified atom stereocenters. The lowest BCUT2D eigenvalue weighted by atomic mass is 9.89. The van der Waals surface area contributed by atoms with E-state index in [1.54, 1.807) is 13.0 Å². The van der Waals surface area contributed by atoms with Crippen molar-refractivity contribution in [2.75, 3.05) is 0 Å². The zero-order valence-electron chi connectivity index (χ0n) is 18.3. The van der Waals surface area contributed by atoms with Gasteiger partial charge in [-0.3, -0.25) is 9.59 Å². The van der Waals surface area contributed by atoms with E-state index >= 15 is 0 Å². The van der Waals surface area contributed by atoms with Crippen molar-refractivity contribution < 1.29 is 9.59 Å². The summed E-state index contributed by atoms with van der Waals surface area (Å²) in [7, 11) is 0. The van der Waals surface area contributed by atoms with Crippen molar-refractivity contribution in [3.8, 4) is 6.07 Å². The smallest absolute Gasteiger partial charge is 0.262 e. The van der Waals surface area contributed by atoms with Crippen molar-refractivity contribution in [3.63, 3.8) is 0 Å².